The van der Waals surface area contributed by atoms with Gasteiger partial charge in [-0.25, -0.2) is 4.98 Å². The van der Waals surface area contributed by atoms with Gasteiger partial charge in [0.05, 0.1) is 13.5 Å². The average molecular weight is 500 g/mol. The molecule has 37 heavy (non-hydrogen) atoms. The van der Waals surface area contributed by atoms with E-state index in [-0.39, 0.29) is 36.9 Å². The lowest BCUT2D eigenvalue weighted by molar-refractivity contribution is -0.140. The summed E-state index contributed by atoms with van der Waals surface area (Å²) >= 11 is 0. The van der Waals surface area contributed by atoms with Crippen molar-refractivity contribution in [2.75, 3.05) is 13.7 Å². The van der Waals surface area contributed by atoms with Gasteiger partial charge in [0.25, 0.3) is 5.91 Å². The number of rotatable bonds is 8. The molecule has 192 valence electrons. The van der Waals surface area contributed by atoms with E-state index < -0.39 is 0 Å². The van der Waals surface area contributed by atoms with Gasteiger partial charge in [0.2, 0.25) is 0 Å². The van der Waals surface area contributed by atoms with Crippen LogP contribution in [-0.4, -0.2) is 41.6 Å². The number of pyridine rings is 1. The molecule has 1 fully saturated rings. The summed E-state index contributed by atoms with van der Waals surface area (Å²) in [6.45, 7) is 1.96. The van der Waals surface area contributed by atoms with E-state index in [0.29, 0.717) is 5.75 Å². The highest BCUT2D eigenvalue weighted by atomic mass is 16.5. The number of ether oxygens (including phenoxy) is 2. The van der Waals surface area contributed by atoms with Crippen LogP contribution in [0.15, 0.2) is 54.7 Å². The highest BCUT2D eigenvalue weighted by molar-refractivity contribution is 5.86. The number of H-pyrrole nitrogens is 1. The molecule has 5 rings (SSSR count). The summed E-state index contributed by atoms with van der Waals surface area (Å²) < 4.78 is 10.9. The quantitative estimate of drug-likeness (QED) is 0.310. The second-order valence-corrected chi connectivity index (χ2v) is 9.87. The molecule has 2 aromatic heterocycles. The number of nitrogens with one attached hydrogen (secondary N) is 2. The lowest BCUT2D eigenvalue weighted by Gasteiger charge is -2.22. The molecule has 1 saturated carbocycles. The fourth-order valence-corrected chi connectivity index (χ4v) is 5.32. The number of fused-ring (bicyclic) bond motifs is 2. The number of hydrogen-bond donors (Lipinski definition) is 2. The van der Waals surface area contributed by atoms with Crippen molar-refractivity contribution in [2.24, 2.45) is 0 Å². The molecule has 1 aliphatic rings. The zero-order valence-corrected chi connectivity index (χ0v) is 21.4. The second-order valence-electron chi connectivity index (χ2n) is 9.87. The summed E-state index contributed by atoms with van der Waals surface area (Å²) in [7, 11) is 1.41. The molecule has 7 heteroatoms. The number of esters is 1. The Morgan fingerprint density at radius 1 is 1.03 bits per heavy atom. The zero-order chi connectivity index (χ0) is 25.8. The minimum Gasteiger partial charge on any atom is -0.484 e. The summed E-state index contributed by atoms with van der Waals surface area (Å²) in [4.78, 5) is 32.6. The Morgan fingerprint density at radius 3 is 2.65 bits per heavy atom. The Hall–Kier alpha value is -3.87. The topological polar surface area (TPSA) is 93.3 Å². The van der Waals surface area contributed by atoms with E-state index in [9.17, 15) is 9.59 Å². The van der Waals surface area contributed by atoms with Crippen LogP contribution in [0.4, 0.5) is 0 Å². The maximum Gasteiger partial charge on any atom is 0.306 e. The molecule has 0 aliphatic heterocycles. The predicted octanol–water partition coefficient (Wildman–Crippen LogP) is 5.55. The predicted molar refractivity (Wildman–Crippen MR) is 144 cm³/mol. The van der Waals surface area contributed by atoms with Crippen molar-refractivity contribution in [2.45, 2.75) is 57.4 Å². The molecular formula is C30H33N3O4. The fourth-order valence-electron chi connectivity index (χ4n) is 5.32. The first-order chi connectivity index (χ1) is 18.0. The Labute approximate surface area is 216 Å². The normalized spacial score (nSPS) is 15.0. The maximum absolute atomic E-state index is 12.4. The Morgan fingerprint density at radius 2 is 1.84 bits per heavy atom. The number of carbonyl (C=O) groups is 2. The summed E-state index contributed by atoms with van der Waals surface area (Å²) in [5.74, 6) is 0.0655. The number of aryl methyl sites for hydroxylation is 1. The third-order valence-corrected chi connectivity index (χ3v) is 7.32. The van der Waals surface area contributed by atoms with Crippen LogP contribution in [0.3, 0.4) is 0 Å². The van der Waals surface area contributed by atoms with Crippen molar-refractivity contribution in [3.05, 3.63) is 71.5 Å². The number of methoxy groups -OCH3 is 1. The van der Waals surface area contributed by atoms with Crippen molar-refractivity contribution in [1.29, 1.82) is 0 Å². The van der Waals surface area contributed by atoms with Crippen molar-refractivity contribution >= 4 is 33.7 Å². The number of aromatic amines is 1. The van der Waals surface area contributed by atoms with Crippen molar-refractivity contribution in [3.63, 3.8) is 0 Å². The largest absolute Gasteiger partial charge is 0.484 e. The summed E-state index contributed by atoms with van der Waals surface area (Å²) in [5.41, 5.74) is 3.67. The fraction of sp³-hybridized carbons (Fsp3) is 0.367. The molecule has 2 N–H and O–H groups in total. The zero-order valence-electron chi connectivity index (χ0n) is 21.4. The van der Waals surface area contributed by atoms with E-state index in [1.54, 1.807) is 0 Å². The molecule has 1 amide bonds. The summed E-state index contributed by atoms with van der Waals surface area (Å²) in [6.07, 6.45) is 7.75. The van der Waals surface area contributed by atoms with E-state index in [2.05, 4.69) is 28.5 Å². The van der Waals surface area contributed by atoms with Crippen molar-refractivity contribution in [1.82, 2.24) is 15.3 Å². The number of amides is 1. The molecule has 1 unspecified atom stereocenters. The van der Waals surface area contributed by atoms with Crippen molar-refractivity contribution in [3.8, 4) is 5.75 Å². The minimum absolute atomic E-state index is 0.00575. The molecule has 0 bridgehead atoms. The molecule has 2 aromatic carbocycles. The Kier molecular flexibility index (Phi) is 7.40. The minimum atomic E-state index is -0.278. The Bertz CT molecular complexity index is 1420. The maximum atomic E-state index is 12.4. The van der Waals surface area contributed by atoms with E-state index in [4.69, 9.17) is 14.5 Å². The third-order valence-electron chi connectivity index (χ3n) is 7.32. The Balaban J connectivity index is 1.39. The number of aromatic nitrogens is 2. The lowest BCUT2D eigenvalue weighted by Crippen LogP contribution is -2.38. The second kappa shape index (κ2) is 11.0. The molecule has 4 aromatic rings. The van der Waals surface area contributed by atoms with Crippen LogP contribution in [-0.2, 0) is 14.3 Å². The van der Waals surface area contributed by atoms with Crippen LogP contribution in [0.5, 0.6) is 5.75 Å². The van der Waals surface area contributed by atoms with Crippen LogP contribution in [0.1, 0.15) is 61.3 Å². The van der Waals surface area contributed by atoms with E-state index in [0.717, 1.165) is 51.5 Å². The highest BCUT2D eigenvalue weighted by Gasteiger charge is 2.22. The van der Waals surface area contributed by atoms with Gasteiger partial charge in [-0.2, -0.15) is 0 Å². The number of carbonyl (C=O) groups excluding carboxylic acids is 2. The molecule has 0 spiro atoms. The smallest absolute Gasteiger partial charge is 0.306 e. The molecule has 1 aliphatic carbocycles. The average Bonchev–Trinajstić information content (AvgIpc) is 3.37. The van der Waals surface area contributed by atoms with Gasteiger partial charge in [-0.05, 0) is 65.9 Å². The van der Waals surface area contributed by atoms with Crippen molar-refractivity contribution < 1.29 is 19.1 Å². The van der Waals surface area contributed by atoms with Crippen LogP contribution in [0.2, 0.25) is 0 Å². The van der Waals surface area contributed by atoms with E-state index in [1.807, 2.05) is 43.5 Å². The first-order valence-corrected chi connectivity index (χ1v) is 13.0. The van der Waals surface area contributed by atoms with Gasteiger partial charge < -0.3 is 19.8 Å². The van der Waals surface area contributed by atoms with E-state index in [1.165, 1.54) is 26.4 Å². The summed E-state index contributed by atoms with van der Waals surface area (Å²) in [6, 6.07) is 16.3. The molecule has 2 heterocycles. The number of nitrogens with zero attached hydrogens (tertiary/aromatic N) is 1. The van der Waals surface area contributed by atoms with Gasteiger partial charge in [-0.3, -0.25) is 9.59 Å². The number of hydrogen-bond acceptors (Lipinski definition) is 5. The SMILES string of the molecule is COC(=O)CC(c1ccc2ccc(OCC(=O)NC3CCCCC3)cc2c1)c1cc2cc[nH]c2nc1C. The molecule has 7 nitrogen and oxygen atoms in total. The van der Waals surface area contributed by atoms with Gasteiger partial charge in [0.1, 0.15) is 11.4 Å². The van der Waals surface area contributed by atoms with E-state index >= 15 is 0 Å². The molecule has 0 saturated heterocycles. The van der Waals surface area contributed by atoms with Crippen LogP contribution >= 0.6 is 0 Å². The molecular weight excluding hydrogens is 466 g/mol. The van der Waals surface area contributed by atoms with Gasteiger partial charge in [-0.15, -0.1) is 0 Å². The van der Waals surface area contributed by atoms with Gasteiger partial charge >= 0.3 is 5.97 Å². The number of benzene rings is 2. The highest BCUT2D eigenvalue weighted by Crippen LogP contribution is 2.34. The van der Waals surface area contributed by atoms with Gasteiger partial charge in [0, 0.05) is 29.2 Å². The van der Waals surface area contributed by atoms with Crippen LogP contribution in [0, 0.1) is 6.92 Å². The lowest BCUT2D eigenvalue weighted by atomic mass is 9.86. The van der Waals surface area contributed by atoms with Gasteiger partial charge in [-0.1, -0.05) is 43.5 Å². The third kappa shape index (κ3) is 5.77. The first kappa shape index (κ1) is 24.8. The standard InChI is InChI=1S/C30H33N3O4/c1-19-26(16-22-12-13-31-30(22)32-19)27(17-29(35)36-2)21-9-8-20-10-11-25(15-23(20)14-21)37-18-28(34)33-24-6-4-3-5-7-24/h8-16,24,27H,3-7,17-18H2,1-2H3,(H,31,32)(H,33,34). The van der Waals surface area contributed by atoms with Crippen LogP contribution in [0.25, 0.3) is 21.8 Å². The van der Waals surface area contributed by atoms with Crippen LogP contribution < -0.4 is 10.1 Å². The monoisotopic (exact) mass is 499 g/mol. The molecule has 0 radical (unpaired) electrons. The van der Waals surface area contributed by atoms with Gasteiger partial charge in [0.15, 0.2) is 6.61 Å². The molecule has 1 atom stereocenters. The first-order valence-electron chi connectivity index (χ1n) is 13.0. The summed E-state index contributed by atoms with van der Waals surface area (Å²) in [5, 5.41) is 6.12.